The van der Waals surface area contributed by atoms with Crippen molar-refractivity contribution in [3.63, 3.8) is 0 Å². The predicted octanol–water partition coefficient (Wildman–Crippen LogP) is 3.98. The largest absolute Gasteiger partial charge is 0.502 e. The summed E-state index contributed by atoms with van der Waals surface area (Å²) in [4.78, 5) is 0. The van der Waals surface area contributed by atoms with E-state index in [2.05, 4.69) is 13.5 Å². The molecule has 1 aliphatic heterocycles. The van der Waals surface area contributed by atoms with Gasteiger partial charge in [-0.15, -0.1) is 0 Å². The van der Waals surface area contributed by atoms with E-state index in [0.29, 0.717) is 11.6 Å². The molecule has 2 rings (SSSR count). The van der Waals surface area contributed by atoms with Gasteiger partial charge in [-0.1, -0.05) is 26.0 Å². The van der Waals surface area contributed by atoms with Gasteiger partial charge in [-0.05, 0) is 42.5 Å². The highest BCUT2D eigenvalue weighted by atomic mass is 28.2. The molecule has 0 fully saturated rings. The van der Waals surface area contributed by atoms with Crippen LogP contribution in [-0.2, 0) is 10.8 Å². The first-order chi connectivity index (χ1) is 10.7. The standard InChI is InChI=1S/C17H22F2O2Si/c1-3-5-12-6-9-15(21-10-12)22-11-13-7-8-14(20-4-2)17(19)16(13)18/h4,7-8,10,15H,2-3,5-6,9,11,22H2,1H3. The lowest BCUT2D eigenvalue weighted by Gasteiger charge is -2.23. The lowest BCUT2D eigenvalue weighted by Crippen LogP contribution is -2.24. The Hall–Kier alpha value is -1.62. The van der Waals surface area contributed by atoms with Crippen LogP contribution in [0.2, 0.25) is 0 Å². The van der Waals surface area contributed by atoms with Gasteiger partial charge < -0.3 is 9.47 Å². The fourth-order valence-corrected chi connectivity index (χ4v) is 4.39. The van der Waals surface area contributed by atoms with Crippen LogP contribution >= 0.6 is 0 Å². The molecular weight excluding hydrogens is 302 g/mol. The minimum absolute atomic E-state index is 0.126. The van der Waals surface area contributed by atoms with Gasteiger partial charge in [0.1, 0.15) is 0 Å². The molecule has 120 valence electrons. The van der Waals surface area contributed by atoms with Crippen LogP contribution in [0.5, 0.6) is 5.75 Å². The zero-order valence-electron chi connectivity index (χ0n) is 12.9. The van der Waals surface area contributed by atoms with Gasteiger partial charge in [0.15, 0.2) is 11.6 Å². The van der Waals surface area contributed by atoms with Crippen molar-refractivity contribution < 1.29 is 18.3 Å². The van der Waals surface area contributed by atoms with Crippen molar-refractivity contribution in [2.75, 3.05) is 0 Å². The first-order valence-electron chi connectivity index (χ1n) is 7.73. The van der Waals surface area contributed by atoms with Gasteiger partial charge in [-0.2, -0.15) is 4.39 Å². The number of rotatable bonds is 7. The number of ether oxygens (including phenoxy) is 2. The van der Waals surface area contributed by atoms with Crippen molar-refractivity contribution in [3.8, 4) is 5.75 Å². The second-order valence-electron chi connectivity index (χ2n) is 5.50. The molecule has 0 bridgehead atoms. The number of hydrogen-bond donors (Lipinski definition) is 0. The van der Waals surface area contributed by atoms with E-state index in [0.717, 1.165) is 31.9 Å². The molecule has 5 heteroatoms. The van der Waals surface area contributed by atoms with Crippen LogP contribution in [0, 0.1) is 11.6 Å². The number of halogens is 2. The van der Waals surface area contributed by atoms with E-state index in [1.54, 1.807) is 6.07 Å². The normalized spacial score (nSPS) is 18.1. The SMILES string of the molecule is C=COc1ccc(C[SiH2]C2CCC(CCC)=CO2)c(F)c1F. The van der Waals surface area contributed by atoms with Crippen LogP contribution in [-0.4, -0.2) is 15.2 Å². The smallest absolute Gasteiger partial charge is 0.201 e. The summed E-state index contributed by atoms with van der Waals surface area (Å²) in [7, 11) is -0.665. The summed E-state index contributed by atoms with van der Waals surface area (Å²) in [6.07, 6.45) is 7.24. The van der Waals surface area contributed by atoms with Gasteiger partial charge in [0, 0.05) is 0 Å². The number of hydrogen-bond acceptors (Lipinski definition) is 2. The molecule has 0 spiro atoms. The van der Waals surface area contributed by atoms with E-state index in [4.69, 9.17) is 9.47 Å². The van der Waals surface area contributed by atoms with E-state index >= 15 is 0 Å². The Morgan fingerprint density at radius 1 is 1.41 bits per heavy atom. The van der Waals surface area contributed by atoms with E-state index in [-0.39, 0.29) is 11.5 Å². The fourth-order valence-electron chi connectivity index (χ4n) is 2.65. The zero-order chi connectivity index (χ0) is 15.9. The molecule has 0 saturated heterocycles. The molecule has 1 aromatic carbocycles. The highest BCUT2D eigenvalue weighted by Gasteiger charge is 2.19. The summed E-state index contributed by atoms with van der Waals surface area (Å²) in [5.41, 5.74) is 1.98. The van der Waals surface area contributed by atoms with Crippen molar-refractivity contribution in [3.05, 3.63) is 54.0 Å². The quantitative estimate of drug-likeness (QED) is 0.558. The van der Waals surface area contributed by atoms with Crippen molar-refractivity contribution >= 4 is 9.52 Å². The minimum Gasteiger partial charge on any atom is -0.502 e. The van der Waals surface area contributed by atoms with E-state index in [1.807, 2.05) is 6.26 Å². The van der Waals surface area contributed by atoms with Crippen LogP contribution in [0.3, 0.4) is 0 Å². The fraction of sp³-hybridized carbons (Fsp3) is 0.412. The molecule has 1 heterocycles. The second kappa shape index (κ2) is 8.13. The maximum Gasteiger partial charge on any atom is 0.201 e. The average molecular weight is 324 g/mol. The van der Waals surface area contributed by atoms with Gasteiger partial charge in [-0.3, -0.25) is 0 Å². The van der Waals surface area contributed by atoms with Crippen molar-refractivity contribution in [1.29, 1.82) is 0 Å². The Morgan fingerprint density at radius 3 is 2.86 bits per heavy atom. The lowest BCUT2D eigenvalue weighted by atomic mass is 10.1. The third-order valence-corrected chi connectivity index (χ3v) is 5.93. The molecule has 2 nitrogen and oxygen atoms in total. The molecule has 0 N–H and O–H groups in total. The van der Waals surface area contributed by atoms with Gasteiger partial charge in [0.2, 0.25) is 5.82 Å². The third kappa shape index (κ3) is 4.19. The highest BCUT2D eigenvalue weighted by molar-refractivity contribution is 6.36. The number of benzene rings is 1. The van der Waals surface area contributed by atoms with Crippen LogP contribution < -0.4 is 4.74 Å². The van der Waals surface area contributed by atoms with Gasteiger partial charge >= 0.3 is 0 Å². The molecule has 1 unspecified atom stereocenters. The van der Waals surface area contributed by atoms with Gasteiger partial charge in [0.25, 0.3) is 0 Å². The van der Waals surface area contributed by atoms with Crippen molar-refractivity contribution in [2.24, 2.45) is 0 Å². The summed E-state index contributed by atoms with van der Waals surface area (Å²) < 4.78 is 38.3. The summed E-state index contributed by atoms with van der Waals surface area (Å²) >= 11 is 0. The predicted molar refractivity (Wildman–Crippen MR) is 86.5 cm³/mol. The van der Waals surface area contributed by atoms with E-state index < -0.39 is 21.2 Å². The first-order valence-corrected chi connectivity index (χ1v) is 9.55. The monoisotopic (exact) mass is 324 g/mol. The Labute approximate surface area is 132 Å². The molecule has 0 saturated carbocycles. The maximum absolute atomic E-state index is 14.0. The molecule has 1 aromatic rings. The molecule has 22 heavy (non-hydrogen) atoms. The topological polar surface area (TPSA) is 18.5 Å². The Kier molecular flexibility index (Phi) is 6.18. The molecule has 0 amide bonds. The Balaban J connectivity index is 1.92. The molecule has 1 atom stereocenters. The van der Waals surface area contributed by atoms with Crippen LogP contribution in [0.15, 0.2) is 36.8 Å². The molecule has 1 aliphatic rings. The minimum atomic E-state index is -0.943. The van der Waals surface area contributed by atoms with E-state index in [9.17, 15) is 8.78 Å². The number of allylic oxidation sites excluding steroid dienone is 1. The summed E-state index contributed by atoms with van der Waals surface area (Å²) in [5.74, 6) is -1.88. The molecular formula is C17H22F2O2Si. The third-order valence-electron chi connectivity index (χ3n) is 3.86. The molecule has 0 radical (unpaired) electrons. The Bertz CT molecular complexity index is 558. The van der Waals surface area contributed by atoms with Crippen LogP contribution in [0.4, 0.5) is 8.78 Å². The van der Waals surface area contributed by atoms with Crippen molar-refractivity contribution in [1.82, 2.24) is 0 Å². The molecule has 0 aromatic heterocycles. The highest BCUT2D eigenvalue weighted by Crippen LogP contribution is 2.25. The average Bonchev–Trinajstić information content (AvgIpc) is 2.53. The Morgan fingerprint density at radius 2 is 2.23 bits per heavy atom. The van der Waals surface area contributed by atoms with E-state index in [1.165, 1.54) is 11.6 Å². The van der Waals surface area contributed by atoms with Crippen molar-refractivity contribution in [2.45, 2.75) is 44.4 Å². The summed E-state index contributed by atoms with van der Waals surface area (Å²) in [6, 6.07) is 3.62. The van der Waals surface area contributed by atoms with Crippen LogP contribution in [0.25, 0.3) is 0 Å². The van der Waals surface area contributed by atoms with Gasteiger partial charge in [-0.25, -0.2) is 4.39 Å². The van der Waals surface area contributed by atoms with Gasteiger partial charge in [0.05, 0.1) is 27.8 Å². The van der Waals surface area contributed by atoms with Crippen LogP contribution in [0.1, 0.15) is 38.2 Å². The molecule has 0 aliphatic carbocycles. The first kappa shape index (κ1) is 16.7. The second-order valence-corrected chi connectivity index (χ2v) is 7.48. The summed E-state index contributed by atoms with van der Waals surface area (Å²) in [5, 5.41) is 0. The lowest BCUT2D eigenvalue weighted by molar-refractivity contribution is 0.182. The summed E-state index contributed by atoms with van der Waals surface area (Å²) in [6.45, 7) is 5.49. The zero-order valence-corrected chi connectivity index (χ0v) is 14.3. The maximum atomic E-state index is 14.0.